The molecule has 1 N–H and O–H groups in total. The molecule has 0 bridgehead atoms. The summed E-state index contributed by atoms with van der Waals surface area (Å²) in [6.45, 7) is 5.92. The molecule has 164 valence electrons. The van der Waals surface area contributed by atoms with Crippen molar-refractivity contribution in [2.45, 2.75) is 43.6 Å². The summed E-state index contributed by atoms with van der Waals surface area (Å²) in [4.78, 5) is 12.9. The first-order valence-corrected chi connectivity index (χ1v) is 11.5. The van der Waals surface area contributed by atoms with Crippen LogP contribution in [-0.4, -0.2) is 35.7 Å². The van der Waals surface area contributed by atoms with Crippen LogP contribution in [0.25, 0.3) is 5.69 Å². The molecular formula is C24H26N6OS. The van der Waals surface area contributed by atoms with Gasteiger partial charge in [-0.25, -0.2) is 4.68 Å². The lowest BCUT2D eigenvalue weighted by Crippen LogP contribution is -2.25. The van der Waals surface area contributed by atoms with Crippen LogP contribution >= 0.6 is 11.8 Å². The Balaban J connectivity index is 1.57. The molecule has 1 atom stereocenters. The Morgan fingerprint density at radius 1 is 0.969 bits per heavy atom. The van der Waals surface area contributed by atoms with Crippen molar-refractivity contribution < 1.29 is 4.79 Å². The molecule has 0 aliphatic carbocycles. The summed E-state index contributed by atoms with van der Waals surface area (Å²) in [7, 11) is 0. The van der Waals surface area contributed by atoms with E-state index in [1.54, 1.807) is 16.9 Å². The van der Waals surface area contributed by atoms with Crippen molar-refractivity contribution in [3.8, 4) is 5.69 Å². The molecule has 0 saturated carbocycles. The van der Waals surface area contributed by atoms with Crippen molar-refractivity contribution in [3.05, 3.63) is 84.3 Å². The van der Waals surface area contributed by atoms with E-state index in [4.69, 9.17) is 0 Å². The number of para-hydroxylation sites is 1. The van der Waals surface area contributed by atoms with Gasteiger partial charge in [0, 0.05) is 24.2 Å². The molecule has 2 aromatic heterocycles. The lowest BCUT2D eigenvalue weighted by molar-refractivity contribution is -0.115. The summed E-state index contributed by atoms with van der Waals surface area (Å²) < 4.78 is 3.82. The van der Waals surface area contributed by atoms with Gasteiger partial charge in [0.2, 0.25) is 5.91 Å². The number of anilines is 1. The minimum absolute atomic E-state index is 0.107. The lowest BCUT2D eigenvalue weighted by atomic mass is 10.1. The third-order valence-electron chi connectivity index (χ3n) is 4.98. The summed E-state index contributed by atoms with van der Waals surface area (Å²) in [6, 6.07) is 22.1. The van der Waals surface area contributed by atoms with Gasteiger partial charge in [-0.3, -0.25) is 9.36 Å². The lowest BCUT2D eigenvalue weighted by Gasteiger charge is -2.15. The van der Waals surface area contributed by atoms with E-state index in [1.165, 1.54) is 11.8 Å². The standard InChI is InChI=1S/C24H26N6OS/c1-17(2)30-21(14-15-25-30)26-23(31)18(3)32-24-28-27-22(16-19-10-6-4-7-11-19)29(24)20-12-8-5-9-13-20/h4-15,17-18H,16H2,1-3H3,(H,26,31). The SMILES string of the molecule is CC(Sc1nnc(Cc2ccccc2)n1-c1ccccc1)C(=O)Nc1ccnn1C(C)C. The van der Waals surface area contributed by atoms with Gasteiger partial charge in [-0.2, -0.15) is 5.10 Å². The first-order valence-electron chi connectivity index (χ1n) is 10.6. The Morgan fingerprint density at radius 3 is 2.34 bits per heavy atom. The summed E-state index contributed by atoms with van der Waals surface area (Å²) >= 11 is 1.39. The highest BCUT2D eigenvalue weighted by Crippen LogP contribution is 2.27. The van der Waals surface area contributed by atoms with E-state index < -0.39 is 0 Å². The van der Waals surface area contributed by atoms with Crippen molar-refractivity contribution in [1.29, 1.82) is 0 Å². The van der Waals surface area contributed by atoms with Crippen LogP contribution in [0.4, 0.5) is 5.82 Å². The molecule has 1 amide bonds. The van der Waals surface area contributed by atoms with Gasteiger partial charge in [0.15, 0.2) is 5.16 Å². The van der Waals surface area contributed by atoms with E-state index in [2.05, 4.69) is 32.7 Å². The number of benzene rings is 2. The minimum Gasteiger partial charge on any atom is -0.310 e. The van der Waals surface area contributed by atoms with Gasteiger partial charge in [0.1, 0.15) is 11.6 Å². The average molecular weight is 447 g/mol. The van der Waals surface area contributed by atoms with Crippen molar-refractivity contribution in [3.63, 3.8) is 0 Å². The zero-order valence-corrected chi connectivity index (χ0v) is 19.2. The molecule has 2 heterocycles. The van der Waals surface area contributed by atoms with E-state index in [-0.39, 0.29) is 17.2 Å². The Morgan fingerprint density at radius 2 is 1.66 bits per heavy atom. The highest BCUT2D eigenvalue weighted by molar-refractivity contribution is 8.00. The Bertz CT molecular complexity index is 1170. The van der Waals surface area contributed by atoms with Gasteiger partial charge in [-0.1, -0.05) is 60.3 Å². The number of aromatic nitrogens is 5. The number of thioether (sulfide) groups is 1. The molecule has 7 nitrogen and oxygen atoms in total. The first kappa shape index (κ1) is 21.8. The largest absolute Gasteiger partial charge is 0.310 e. The first-order chi connectivity index (χ1) is 15.5. The number of nitrogens with one attached hydrogen (secondary N) is 1. The second-order valence-corrected chi connectivity index (χ2v) is 9.04. The molecule has 1 unspecified atom stereocenters. The summed E-state index contributed by atoms with van der Waals surface area (Å²) in [5.41, 5.74) is 2.12. The van der Waals surface area contributed by atoms with Crippen LogP contribution in [0.3, 0.4) is 0 Å². The van der Waals surface area contributed by atoms with Gasteiger partial charge in [0.05, 0.1) is 11.4 Å². The maximum absolute atomic E-state index is 12.9. The Kier molecular flexibility index (Phi) is 6.70. The number of carbonyl (C=O) groups is 1. The third kappa shape index (κ3) is 4.91. The fourth-order valence-corrected chi connectivity index (χ4v) is 4.26. The highest BCUT2D eigenvalue weighted by Gasteiger charge is 2.22. The van der Waals surface area contributed by atoms with E-state index in [0.29, 0.717) is 17.4 Å². The van der Waals surface area contributed by atoms with Gasteiger partial charge >= 0.3 is 0 Å². The summed E-state index contributed by atoms with van der Waals surface area (Å²) in [5, 5.41) is 16.5. The molecule has 0 aliphatic rings. The molecule has 0 spiro atoms. The van der Waals surface area contributed by atoms with Crippen molar-refractivity contribution in [1.82, 2.24) is 24.5 Å². The zero-order chi connectivity index (χ0) is 22.5. The van der Waals surface area contributed by atoms with Crippen LogP contribution < -0.4 is 5.32 Å². The van der Waals surface area contributed by atoms with Crippen LogP contribution in [0.15, 0.2) is 78.1 Å². The van der Waals surface area contributed by atoms with Crippen LogP contribution in [-0.2, 0) is 11.2 Å². The van der Waals surface area contributed by atoms with Crippen LogP contribution in [0.2, 0.25) is 0 Å². The van der Waals surface area contributed by atoms with Crippen LogP contribution in [0, 0.1) is 0 Å². The molecule has 0 fully saturated rings. The number of carbonyl (C=O) groups excluding carboxylic acids is 1. The van der Waals surface area contributed by atoms with Crippen LogP contribution in [0.5, 0.6) is 0 Å². The third-order valence-corrected chi connectivity index (χ3v) is 6.02. The molecule has 4 rings (SSSR count). The van der Waals surface area contributed by atoms with Crippen LogP contribution in [0.1, 0.15) is 38.2 Å². The molecule has 2 aromatic carbocycles. The Labute approximate surface area is 191 Å². The van der Waals surface area contributed by atoms with Gasteiger partial charge in [-0.05, 0) is 38.5 Å². The summed E-state index contributed by atoms with van der Waals surface area (Å²) in [5.74, 6) is 1.41. The topological polar surface area (TPSA) is 77.6 Å². The Hall–Kier alpha value is -3.39. The van der Waals surface area contributed by atoms with Crippen molar-refractivity contribution in [2.75, 3.05) is 5.32 Å². The predicted molar refractivity (Wildman–Crippen MR) is 127 cm³/mol. The second-order valence-electron chi connectivity index (χ2n) is 7.74. The molecular weight excluding hydrogens is 420 g/mol. The fraction of sp³-hybridized carbons (Fsp3) is 0.250. The van der Waals surface area contributed by atoms with E-state index >= 15 is 0 Å². The second kappa shape index (κ2) is 9.82. The van der Waals surface area contributed by atoms with Gasteiger partial charge in [0.25, 0.3) is 0 Å². The number of hydrogen-bond donors (Lipinski definition) is 1. The smallest absolute Gasteiger partial charge is 0.238 e. The number of hydrogen-bond acceptors (Lipinski definition) is 5. The predicted octanol–water partition coefficient (Wildman–Crippen LogP) is 4.75. The number of amides is 1. The van der Waals surface area contributed by atoms with E-state index in [1.807, 2.05) is 73.9 Å². The molecule has 0 aliphatic heterocycles. The summed E-state index contributed by atoms with van der Waals surface area (Å²) in [6.07, 6.45) is 2.34. The number of rotatable bonds is 8. The molecule has 0 saturated heterocycles. The van der Waals surface area contributed by atoms with Gasteiger partial charge < -0.3 is 5.32 Å². The normalized spacial score (nSPS) is 12.1. The molecule has 8 heteroatoms. The molecule has 0 radical (unpaired) electrons. The van der Waals surface area contributed by atoms with E-state index in [0.717, 1.165) is 17.1 Å². The maximum Gasteiger partial charge on any atom is 0.238 e. The maximum atomic E-state index is 12.9. The highest BCUT2D eigenvalue weighted by atomic mass is 32.2. The molecule has 32 heavy (non-hydrogen) atoms. The zero-order valence-electron chi connectivity index (χ0n) is 18.3. The van der Waals surface area contributed by atoms with E-state index in [9.17, 15) is 4.79 Å². The number of nitrogens with zero attached hydrogens (tertiary/aromatic N) is 5. The fourth-order valence-electron chi connectivity index (χ4n) is 3.37. The minimum atomic E-state index is -0.373. The monoisotopic (exact) mass is 446 g/mol. The quantitative estimate of drug-likeness (QED) is 0.395. The molecule has 4 aromatic rings. The average Bonchev–Trinajstić information content (AvgIpc) is 3.42. The van der Waals surface area contributed by atoms with Gasteiger partial charge in [-0.15, -0.1) is 10.2 Å². The van der Waals surface area contributed by atoms with Crippen molar-refractivity contribution in [2.24, 2.45) is 0 Å². The van der Waals surface area contributed by atoms with Crippen molar-refractivity contribution >= 4 is 23.5 Å².